The molecule has 1 atom stereocenters. The molecule has 0 amide bonds. The van der Waals surface area contributed by atoms with Crippen LogP contribution in [0, 0.1) is 0 Å². The van der Waals surface area contributed by atoms with Crippen LogP contribution in [0.25, 0.3) is 0 Å². The van der Waals surface area contributed by atoms with E-state index in [0.717, 1.165) is 25.7 Å². The average Bonchev–Trinajstić information content (AvgIpc) is 2.61. The predicted molar refractivity (Wildman–Crippen MR) is 109 cm³/mol. The van der Waals surface area contributed by atoms with Crippen molar-refractivity contribution in [3.63, 3.8) is 0 Å². The van der Waals surface area contributed by atoms with Crippen LogP contribution in [0.5, 0.6) is 0 Å². The van der Waals surface area contributed by atoms with Crippen LogP contribution in [0.1, 0.15) is 96.8 Å². The second kappa shape index (κ2) is 20.0. The van der Waals surface area contributed by atoms with Gasteiger partial charge < -0.3 is 14.9 Å². The quantitative estimate of drug-likeness (QED) is 0.162. The fourth-order valence-corrected chi connectivity index (χ4v) is 2.91. The van der Waals surface area contributed by atoms with Gasteiger partial charge in [-0.1, -0.05) is 69.8 Å². The standard InChI is InChI=1S/C22H40O4/c1-2-3-4-5-6-7-8-9-10-11-12-13-14-15-16-17-18-21(19-20-23)26-22(24)25/h6-7,9-10,21,23H,2-5,8,11-20H2,1H3,(H,24,25). The molecule has 0 aliphatic rings. The molecule has 0 aromatic rings. The van der Waals surface area contributed by atoms with Crippen LogP contribution in [0.3, 0.4) is 0 Å². The number of hydrogen-bond donors (Lipinski definition) is 2. The van der Waals surface area contributed by atoms with Gasteiger partial charge in [0.05, 0.1) is 0 Å². The number of carboxylic acid groups (broad SMARTS) is 1. The van der Waals surface area contributed by atoms with Crippen molar-refractivity contribution in [1.29, 1.82) is 0 Å². The summed E-state index contributed by atoms with van der Waals surface area (Å²) < 4.78 is 4.76. The number of carbonyl (C=O) groups is 1. The van der Waals surface area contributed by atoms with E-state index in [0.29, 0.717) is 12.8 Å². The largest absolute Gasteiger partial charge is 0.506 e. The summed E-state index contributed by atoms with van der Waals surface area (Å²) in [7, 11) is 0. The fourth-order valence-electron chi connectivity index (χ4n) is 2.91. The van der Waals surface area contributed by atoms with Gasteiger partial charge in [0, 0.05) is 13.0 Å². The van der Waals surface area contributed by atoms with Crippen LogP contribution in [-0.2, 0) is 4.74 Å². The summed E-state index contributed by atoms with van der Waals surface area (Å²) in [5, 5.41) is 17.5. The summed E-state index contributed by atoms with van der Waals surface area (Å²) in [4.78, 5) is 10.5. The molecular weight excluding hydrogens is 328 g/mol. The minimum absolute atomic E-state index is 0.0277. The van der Waals surface area contributed by atoms with Crippen LogP contribution < -0.4 is 0 Å². The van der Waals surface area contributed by atoms with Gasteiger partial charge in [0.15, 0.2) is 0 Å². The molecule has 0 heterocycles. The molecule has 2 N–H and O–H groups in total. The summed E-state index contributed by atoms with van der Waals surface area (Å²) in [5.41, 5.74) is 0. The molecular formula is C22H40O4. The topological polar surface area (TPSA) is 66.8 Å². The summed E-state index contributed by atoms with van der Waals surface area (Å²) in [6, 6.07) is 0. The Kier molecular flexibility index (Phi) is 19.0. The molecule has 1 unspecified atom stereocenters. The second-order valence-corrected chi connectivity index (χ2v) is 6.89. The normalized spacial score (nSPS) is 12.8. The van der Waals surface area contributed by atoms with E-state index >= 15 is 0 Å². The molecule has 0 aromatic heterocycles. The third kappa shape index (κ3) is 19.0. The number of aliphatic hydroxyl groups excluding tert-OH is 1. The van der Waals surface area contributed by atoms with Gasteiger partial charge in [-0.05, 0) is 44.9 Å². The first-order valence-electron chi connectivity index (χ1n) is 10.5. The third-order valence-electron chi connectivity index (χ3n) is 4.45. The van der Waals surface area contributed by atoms with Gasteiger partial charge in [-0.25, -0.2) is 4.79 Å². The molecule has 0 saturated carbocycles. The van der Waals surface area contributed by atoms with Crippen molar-refractivity contribution in [1.82, 2.24) is 0 Å². The molecule has 0 saturated heterocycles. The number of hydrogen-bond acceptors (Lipinski definition) is 3. The lowest BCUT2D eigenvalue weighted by atomic mass is 10.0. The lowest BCUT2D eigenvalue weighted by molar-refractivity contribution is 0.0360. The molecule has 0 bridgehead atoms. The van der Waals surface area contributed by atoms with Crippen molar-refractivity contribution in [2.24, 2.45) is 0 Å². The Morgan fingerprint density at radius 2 is 1.42 bits per heavy atom. The zero-order chi connectivity index (χ0) is 19.3. The van der Waals surface area contributed by atoms with E-state index in [1.54, 1.807) is 0 Å². The monoisotopic (exact) mass is 368 g/mol. The first kappa shape index (κ1) is 24.7. The van der Waals surface area contributed by atoms with E-state index in [4.69, 9.17) is 14.9 Å². The molecule has 0 spiro atoms. The van der Waals surface area contributed by atoms with E-state index in [-0.39, 0.29) is 12.7 Å². The van der Waals surface area contributed by atoms with E-state index in [2.05, 4.69) is 31.2 Å². The summed E-state index contributed by atoms with van der Waals surface area (Å²) in [6.45, 7) is 2.21. The van der Waals surface area contributed by atoms with E-state index in [9.17, 15) is 4.79 Å². The van der Waals surface area contributed by atoms with Gasteiger partial charge in [-0.3, -0.25) is 0 Å². The van der Waals surface area contributed by atoms with Crippen molar-refractivity contribution < 1.29 is 19.7 Å². The number of rotatable bonds is 18. The lowest BCUT2D eigenvalue weighted by Gasteiger charge is -2.14. The molecule has 0 radical (unpaired) electrons. The number of ether oxygens (including phenoxy) is 1. The highest BCUT2D eigenvalue weighted by atomic mass is 16.7. The Hall–Kier alpha value is -1.29. The molecule has 0 rings (SSSR count). The van der Waals surface area contributed by atoms with Crippen molar-refractivity contribution in [3.8, 4) is 0 Å². The lowest BCUT2D eigenvalue weighted by Crippen LogP contribution is -2.18. The Labute approximate surface area is 160 Å². The first-order chi connectivity index (χ1) is 12.7. The van der Waals surface area contributed by atoms with Crippen LogP contribution in [-0.4, -0.2) is 29.1 Å². The average molecular weight is 369 g/mol. The van der Waals surface area contributed by atoms with Gasteiger partial charge in [0.1, 0.15) is 6.10 Å². The van der Waals surface area contributed by atoms with Gasteiger partial charge >= 0.3 is 6.16 Å². The molecule has 4 heteroatoms. The van der Waals surface area contributed by atoms with Crippen LogP contribution in [0.2, 0.25) is 0 Å². The molecule has 26 heavy (non-hydrogen) atoms. The van der Waals surface area contributed by atoms with Crippen LogP contribution in [0.4, 0.5) is 4.79 Å². The maximum absolute atomic E-state index is 10.5. The van der Waals surface area contributed by atoms with Crippen molar-refractivity contribution in [3.05, 3.63) is 24.3 Å². The molecule has 0 aliphatic heterocycles. The molecule has 0 aliphatic carbocycles. The zero-order valence-electron chi connectivity index (χ0n) is 16.7. The SMILES string of the molecule is CCCCCC=CCC=CCCCCCCCCC(CCO)OC(=O)O. The van der Waals surface area contributed by atoms with Gasteiger partial charge in [0.25, 0.3) is 0 Å². The van der Waals surface area contributed by atoms with Crippen molar-refractivity contribution >= 4 is 6.16 Å². The first-order valence-corrected chi connectivity index (χ1v) is 10.5. The number of unbranched alkanes of at least 4 members (excludes halogenated alkanes) is 9. The highest BCUT2D eigenvalue weighted by Gasteiger charge is 2.12. The Morgan fingerprint density at radius 1 is 0.846 bits per heavy atom. The zero-order valence-corrected chi connectivity index (χ0v) is 16.7. The maximum atomic E-state index is 10.5. The Morgan fingerprint density at radius 3 is 2.00 bits per heavy atom. The number of aliphatic hydroxyl groups is 1. The van der Waals surface area contributed by atoms with Gasteiger partial charge in [0.2, 0.25) is 0 Å². The highest BCUT2D eigenvalue weighted by Crippen LogP contribution is 2.13. The van der Waals surface area contributed by atoms with Crippen LogP contribution in [0.15, 0.2) is 24.3 Å². The van der Waals surface area contributed by atoms with E-state index in [1.165, 1.54) is 51.4 Å². The van der Waals surface area contributed by atoms with Gasteiger partial charge in [-0.15, -0.1) is 0 Å². The minimum Gasteiger partial charge on any atom is -0.450 e. The molecule has 0 fully saturated rings. The van der Waals surface area contributed by atoms with Crippen molar-refractivity contribution in [2.45, 2.75) is 103 Å². The summed E-state index contributed by atoms with van der Waals surface area (Å²) in [6.07, 6.45) is 23.0. The van der Waals surface area contributed by atoms with E-state index < -0.39 is 6.16 Å². The second-order valence-electron chi connectivity index (χ2n) is 6.89. The van der Waals surface area contributed by atoms with Gasteiger partial charge in [-0.2, -0.15) is 0 Å². The smallest absolute Gasteiger partial charge is 0.450 e. The maximum Gasteiger partial charge on any atom is 0.506 e. The number of allylic oxidation sites excluding steroid dienone is 4. The molecule has 4 nitrogen and oxygen atoms in total. The van der Waals surface area contributed by atoms with Crippen molar-refractivity contribution in [2.75, 3.05) is 6.61 Å². The highest BCUT2D eigenvalue weighted by molar-refractivity contribution is 5.57. The minimum atomic E-state index is -1.25. The predicted octanol–water partition coefficient (Wildman–Crippen LogP) is 6.64. The van der Waals surface area contributed by atoms with Crippen LogP contribution >= 0.6 is 0 Å². The fraction of sp³-hybridized carbons (Fsp3) is 0.773. The van der Waals surface area contributed by atoms with E-state index in [1.807, 2.05) is 0 Å². The molecule has 0 aromatic carbocycles. The summed E-state index contributed by atoms with van der Waals surface area (Å²) in [5.74, 6) is 0. The molecule has 152 valence electrons. The Bertz CT molecular complexity index is 363. The summed E-state index contributed by atoms with van der Waals surface area (Å²) >= 11 is 0. The third-order valence-corrected chi connectivity index (χ3v) is 4.45. The Balaban J connectivity index is 3.39.